The number of halogens is 1. The van der Waals surface area contributed by atoms with E-state index >= 15 is 0 Å². The van der Waals surface area contributed by atoms with Gasteiger partial charge in [0.25, 0.3) is 5.56 Å². The van der Waals surface area contributed by atoms with Gasteiger partial charge in [0.05, 0.1) is 11.0 Å². The van der Waals surface area contributed by atoms with Gasteiger partial charge in [0, 0.05) is 17.1 Å². The molecule has 94 valence electrons. The SMILES string of the molecule is Cn1c(=O)c(-c2ccccc2Br)nc2ccccc21. The highest BCUT2D eigenvalue weighted by Gasteiger charge is 2.12. The van der Waals surface area contributed by atoms with E-state index in [1.54, 1.807) is 11.6 Å². The molecule has 4 heteroatoms. The van der Waals surface area contributed by atoms with Gasteiger partial charge < -0.3 is 4.57 Å². The van der Waals surface area contributed by atoms with Crippen molar-refractivity contribution in [3.8, 4) is 11.3 Å². The molecule has 0 saturated heterocycles. The van der Waals surface area contributed by atoms with Crippen LogP contribution in [0, 0.1) is 0 Å². The van der Waals surface area contributed by atoms with Gasteiger partial charge >= 0.3 is 0 Å². The van der Waals surface area contributed by atoms with Gasteiger partial charge in [0.2, 0.25) is 0 Å². The van der Waals surface area contributed by atoms with E-state index < -0.39 is 0 Å². The van der Waals surface area contributed by atoms with Crippen LogP contribution < -0.4 is 5.56 Å². The van der Waals surface area contributed by atoms with Crippen LogP contribution in [0.1, 0.15) is 0 Å². The summed E-state index contributed by atoms with van der Waals surface area (Å²) in [5.74, 6) is 0. The van der Waals surface area contributed by atoms with E-state index in [1.165, 1.54) is 0 Å². The molecule has 0 fully saturated rings. The van der Waals surface area contributed by atoms with Crippen molar-refractivity contribution in [1.29, 1.82) is 0 Å². The fraction of sp³-hybridized carbons (Fsp3) is 0.0667. The van der Waals surface area contributed by atoms with Crippen LogP contribution in [0.4, 0.5) is 0 Å². The lowest BCUT2D eigenvalue weighted by Gasteiger charge is -2.08. The summed E-state index contributed by atoms with van der Waals surface area (Å²) in [5, 5.41) is 0. The zero-order chi connectivity index (χ0) is 13.4. The van der Waals surface area contributed by atoms with Crippen LogP contribution >= 0.6 is 15.9 Å². The molecule has 1 heterocycles. The third-order valence-corrected chi connectivity index (χ3v) is 3.80. The fourth-order valence-corrected chi connectivity index (χ4v) is 2.58. The minimum absolute atomic E-state index is 0.0920. The normalized spacial score (nSPS) is 10.8. The first-order valence-corrected chi connectivity index (χ1v) is 6.68. The molecule has 0 radical (unpaired) electrons. The maximum absolute atomic E-state index is 12.4. The first-order chi connectivity index (χ1) is 9.18. The number of nitrogens with zero attached hydrogens (tertiary/aromatic N) is 2. The molecule has 0 N–H and O–H groups in total. The molecule has 0 amide bonds. The number of hydrogen-bond acceptors (Lipinski definition) is 2. The molecule has 0 aliphatic heterocycles. The summed E-state index contributed by atoms with van der Waals surface area (Å²) in [6.07, 6.45) is 0. The summed E-state index contributed by atoms with van der Waals surface area (Å²) in [7, 11) is 1.77. The smallest absolute Gasteiger partial charge is 0.277 e. The minimum Gasteiger partial charge on any atom is -0.308 e. The fourth-order valence-electron chi connectivity index (χ4n) is 2.11. The third kappa shape index (κ3) is 1.98. The van der Waals surface area contributed by atoms with Gasteiger partial charge in [-0.3, -0.25) is 4.79 Å². The summed E-state index contributed by atoms with van der Waals surface area (Å²) in [4.78, 5) is 16.9. The Kier molecular flexibility index (Phi) is 2.95. The molecule has 0 atom stereocenters. The standard InChI is InChI=1S/C15H11BrN2O/c1-18-13-9-5-4-8-12(13)17-14(15(18)19)10-6-2-3-7-11(10)16/h2-9H,1H3. The highest BCUT2D eigenvalue weighted by atomic mass is 79.9. The number of fused-ring (bicyclic) bond motifs is 1. The monoisotopic (exact) mass is 314 g/mol. The second-order valence-corrected chi connectivity index (χ2v) is 5.15. The summed E-state index contributed by atoms with van der Waals surface area (Å²) in [5.41, 5.74) is 2.84. The second-order valence-electron chi connectivity index (χ2n) is 4.29. The Hall–Kier alpha value is -1.94. The van der Waals surface area contributed by atoms with Gasteiger partial charge in [0.15, 0.2) is 0 Å². The van der Waals surface area contributed by atoms with E-state index in [0.29, 0.717) is 5.69 Å². The number of benzene rings is 2. The molecule has 0 saturated carbocycles. The molecule has 3 rings (SSSR count). The number of aryl methyl sites for hydroxylation is 1. The van der Waals surface area contributed by atoms with Crippen molar-refractivity contribution in [2.24, 2.45) is 7.05 Å². The molecule has 0 bridgehead atoms. The quantitative estimate of drug-likeness (QED) is 0.690. The van der Waals surface area contributed by atoms with Crippen molar-refractivity contribution in [3.05, 3.63) is 63.4 Å². The van der Waals surface area contributed by atoms with Gasteiger partial charge in [0.1, 0.15) is 5.69 Å². The average molecular weight is 315 g/mol. The van der Waals surface area contributed by atoms with Crippen LogP contribution in [0.25, 0.3) is 22.3 Å². The van der Waals surface area contributed by atoms with Crippen LogP contribution in [-0.4, -0.2) is 9.55 Å². The number of rotatable bonds is 1. The third-order valence-electron chi connectivity index (χ3n) is 3.11. The minimum atomic E-state index is -0.0920. The van der Waals surface area contributed by atoms with Gasteiger partial charge in [-0.1, -0.05) is 46.3 Å². The van der Waals surface area contributed by atoms with Gasteiger partial charge in [-0.15, -0.1) is 0 Å². The molecule has 1 aromatic heterocycles. The lowest BCUT2D eigenvalue weighted by Crippen LogP contribution is -2.20. The van der Waals surface area contributed by atoms with E-state index in [-0.39, 0.29) is 5.56 Å². The van der Waals surface area contributed by atoms with Crippen LogP contribution in [0.2, 0.25) is 0 Å². The Morgan fingerprint density at radius 1 is 1.05 bits per heavy atom. The van der Waals surface area contributed by atoms with Crippen molar-refractivity contribution >= 4 is 27.0 Å². The van der Waals surface area contributed by atoms with Crippen LogP contribution in [0.3, 0.4) is 0 Å². The zero-order valence-electron chi connectivity index (χ0n) is 10.3. The Bertz CT molecular complexity index is 824. The predicted molar refractivity (Wildman–Crippen MR) is 80.1 cm³/mol. The molecular formula is C15H11BrN2O. The second kappa shape index (κ2) is 4.63. The van der Waals surface area contributed by atoms with Crippen molar-refractivity contribution in [3.63, 3.8) is 0 Å². The molecule has 3 aromatic rings. The van der Waals surface area contributed by atoms with Gasteiger partial charge in [-0.05, 0) is 18.2 Å². The summed E-state index contributed by atoms with van der Waals surface area (Å²) < 4.78 is 2.51. The molecule has 0 aliphatic carbocycles. The molecule has 0 unspecified atom stereocenters. The van der Waals surface area contributed by atoms with Crippen molar-refractivity contribution in [2.75, 3.05) is 0 Å². The predicted octanol–water partition coefficient (Wildman–Crippen LogP) is 3.36. The van der Waals surface area contributed by atoms with E-state index in [2.05, 4.69) is 20.9 Å². The zero-order valence-corrected chi connectivity index (χ0v) is 11.9. The maximum atomic E-state index is 12.4. The van der Waals surface area contributed by atoms with Crippen molar-refractivity contribution in [2.45, 2.75) is 0 Å². The number of para-hydroxylation sites is 2. The number of aromatic nitrogens is 2. The summed E-state index contributed by atoms with van der Waals surface area (Å²) in [6.45, 7) is 0. The van der Waals surface area contributed by atoms with Crippen LogP contribution in [0.15, 0.2) is 57.8 Å². The molecular weight excluding hydrogens is 304 g/mol. The topological polar surface area (TPSA) is 34.9 Å². The summed E-state index contributed by atoms with van der Waals surface area (Å²) >= 11 is 3.47. The van der Waals surface area contributed by atoms with E-state index in [4.69, 9.17) is 0 Å². The van der Waals surface area contributed by atoms with Crippen molar-refractivity contribution < 1.29 is 0 Å². The maximum Gasteiger partial charge on any atom is 0.277 e. The van der Waals surface area contributed by atoms with E-state index in [0.717, 1.165) is 21.1 Å². The number of hydrogen-bond donors (Lipinski definition) is 0. The van der Waals surface area contributed by atoms with E-state index in [9.17, 15) is 4.79 Å². The molecule has 0 spiro atoms. The first-order valence-electron chi connectivity index (χ1n) is 5.89. The van der Waals surface area contributed by atoms with Crippen LogP contribution in [0.5, 0.6) is 0 Å². The summed E-state index contributed by atoms with van der Waals surface area (Å²) in [6, 6.07) is 15.2. The van der Waals surface area contributed by atoms with Gasteiger partial charge in [-0.25, -0.2) is 4.98 Å². The molecule has 2 aromatic carbocycles. The van der Waals surface area contributed by atoms with E-state index in [1.807, 2.05) is 48.5 Å². The Balaban J connectivity index is 2.40. The Labute approximate surface area is 118 Å². The van der Waals surface area contributed by atoms with Crippen molar-refractivity contribution in [1.82, 2.24) is 9.55 Å². The molecule has 3 nitrogen and oxygen atoms in total. The Morgan fingerprint density at radius 2 is 1.74 bits per heavy atom. The molecule has 19 heavy (non-hydrogen) atoms. The van der Waals surface area contributed by atoms with Crippen LogP contribution in [-0.2, 0) is 7.05 Å². The lowest BCUT2D eigenvalue weighted by molar-refractivity contribution is 0.895. The highest BCUT2D eigenvalue weighted by molar-refractivity contribution is 9.10. The average Bonchev–Trinajstić information content (AvgIpc) is 2.44. The lowest BCUT2D eigenvalue weighted by atomic mass is 10.1. The first kappa shape index (κ1) is 12.1. The largest absolute Gasteiger partial charge is 0.308 e. The van der Waals surface area contributed by atoms with Gasteiger partial charge in [-0.2, -0.15) is 0 Å². The highest BCUT2D eigenvalue weighted by Crippen LogP contribution is 2.25. The molecule has 0 aliphatic rings. The Morgan fingerprint density at radius 3 is 2.53 bits per heavy atom.